The third kappa shape index (κ3) is 6.13. The predicted molar refractivity (Wildman–Crippen MR) is 139 cm³/mol. The van der Waals surface area contributed by atoms with Crippen LogP contribution in [0.5, 0.6) is 5.75 Å². The number of benzene rings is 2. The Kier molecular flexibility index (Phi) is 8.44. The van der Waals surface area contributed by atoms with Gasteiger partial charge in [-0.25, -0.2) is 13.2 Å². The normalized spacial score (nSPS) is 20.9. The highest BCUT2D eigenvalue weighted by Crippen LogP contribution is 2.46. The molecular formula is C26H35NO6S2. The highest BCUT2D eigenvalue weighted by molar-refractivity contribution is 7.98. The molecule has 35 heavy (non-hydrogen) atoms. The zero-order chi connectivity index (χ0) is 25.9. The average Bonchev–Trinajstić information content (AvgIpc) is 2.92. The summed E-state index contributed by atoms with van der Waals surface area (Å²) in [6.45, 7) is 5.64. The summed E-state index contributed by atoms with van der Waals surface area (Å²) in [5, 5.41) is 10.4. The van der Waals surface area contributed by atoms with Crippen molar-refractivity contribution in [2.24, 2.45) is 5.41 Å². The Morgan fingerprint density at radius 3 is 2.54 bits per heavy atom. The van der Waals surface area contributed by atoms with Crippen molar-refractivity contribution >= 4 is 38.9 Å². The van der Waals surface area contributed by atoms with Gasteiger partial charge in [-0.3, -0.25) is 0 Å². The molecule has 0 amide bonds. The lowest BCUT2D eigenvalue weighted by Gasteiger charge is -2.34. The summed E-state index contributed by atoms with van der Waals surface area (Å²) >= 11 is 1.41. The molecular weight excluding hydrogens is 486 g/mol. The number of para-hydroxylation sites is 1. The Hall–Kier alpha value is -2.23. The Bertz CT molecular complexity index is 1150. The van der Waals surface area contributed by atoms with Gasteiger partial charge >= 0.3 is 5.97 Å². The number of sulfone groups is 1. The number of ether oxygens (including phenoxy) is 2. The Morgan fingerprint density at radius 2 is 1.94 bits per heavy atom. The highest BCUT2D eigenvalue weighted by atomic mass is 32.2. The predicted octanol–water partition coefficient (Wildman–Crippen LogP) is 4.83. The van der Waals surface area contributed by atoms with Crippen molar-refractivity contribution in [3.05, 3.63) is 42.5 Å². The van der Waals surface area contributed by atoms with E-state index >= 15 is 0 Å². The summed E-state index contributed by atoms with van der Waals surface area (Å²) < 4.78 is 37.9. The number of aliphatic hydroxyl groups is 1. The van der Waals surface area contributed by atoms with E-state index in [0.29, 0.717) is 22.9 Å². The molecule has 2 aromatic rings. The fourth-order valence-corrected chi connectivity index (χ4v) is 7.03. The van der Waals surface area contributed by atoms with E-state index in [1.807, 2.05) is 49.6 Å². The lowest BCUT2D eigenvalue weighted by atomic mass is 9.86. The summed E-state index contributed by atoms with van der Waals surface area (Å²) in [4.78, 5) is 14.9. The van der Waals surface area contributed by atoms with E-state index in [4.69, 9.17) is 4.74 Å². The number of thioether (sulfide) groups is 1. The number of esters is 1. The molecule has 1 aliphatic heterocycles. The topological polar surface area (TPSA) is 93.1 Å². The summed E-state index contributed by atoms with van der Waals surface area (Å²) in [7, 11) is -2.48. The summed E-state index contributed by atoms with van der Waals surface area (Å²) in [5.41, 5.74) is -0.792. The first-order valence-electron chi connectivity index (χ1n) is 11.7. The number of carbonyl (C=O) groups is 1. The van der Waals surface area contributed by atoms with Gasteiger partial charge in [-0.05, 0) is 43.2 Å². The van der Waals surface area contributed by atoms with Gasteiger partial charge in [-0.1, -0.05) is 44.9 Å². The molecule has 192 valence electrons. The van der Waals surface area contributed by atoms with Gasteiger partial charge in [0.1, 0.15) is 12.4 Å². The molecule has 1 aliphatic rings. The fourth-order valence-electron chi connectivity index (χ4n) is 4.40. The van der Waals surface area contributed by atoms with Gasteiger partial charge in [0.25, 0.3) is 0 Å². The third-order valence-electron chi connectivity index (χ3n) is 6.29. The Labute approximate surface area is 212 Å². The van der Waals surface area contributed by atoms with Crippen LogP contribution in [0.2, 0.25) is 0 Å². The standard InChI is InChI=1S/C26H35NO6S2/c1-6-7-13-25(2)16-27(19-11-9-8-10-12-19)20-14-22(34-5)21(15-23(20)35(30,31)18-25)33-17-26(3,29)24(28)32-4/h8-12,14-15,29H,6-7,13,16-18H2,1-5H3/t25-,26+/m0/s1. The van der Waals surface area contributed by atoms with Gasteiger partial charge in [0.05, 0.1) is 28.3 Å². The van der Waals surface area contributed by atoms with Gasteiger partial charge in [-0.2, -0.15) is 0 Å². The minimum absolute atomic E-state index is 0.0221. The monoisotopic (exact) mass is 521 g/mol. The molecule has 2 aromatic carbocycles. The number of unbranched alkanes of at least 4 members (excludes halogenated alkanes) is 1. The molecule has 0 fully saturated rings. The lowest BCUT2D eigenvalue weighted by molar-refractivity contribution is -0.163. The lowest BCUT2D eigenvalue weighted by Crippen LogP contribution is -2.42. The molecule has 0 unspecified atom stereocenters. The SMILES string of the molecule is CCCC[C@@]1(C)CN(c2ccccc2)c2cc(SC)c(OC[C@@](C)(O)C(=O)OC)cc2S(=O)(=O)C1. The van der Waals surface area contributed by atoms with E-state index in [1.54, 1.807) is 0 Å². The van der Waals surface area contributed by atoms with Crippen LogP contribution in [0.15, 0.2) is 52.3 Å². The molecule has 2 atom stereocenters. The number of anilines is 2. The number of nitrogens with zero attached hydrogens (tertiary/aromatic N) is 1. The molecule has 1 heterocycles. The van der Waals surface area contributed by atoms with Crippen molar-refractivity contribution in [2.45, 2.75) is 55.4 Å². The Balaban J connectivity index is 2.14. The van der Waals surface area contributed by atoms with E-state index in [0.717, 1.165) is 24.9 Å². The van der Waals surface area contributed by atoms with Crippen molar-refractivity contribution in [1.82, 2.24) is 0 Å². The number of hydrogen-bond acceptors (Lipinski definition) is 8. The molecule has 0 aromatic heterocycles. The molecule has 1 N–H and O–H groups in total. The first kappa shape index (κ1) is 27.4. The van der Waals surface area contributed by atoms with Crippen molar-refractivity contribution in [3.63, 3.8) is 0 Å². The van der Waals surface area contributed by atoms with Crippen molar-refractivity contribution in [2.75, 3.05) is 37.2 Å². The van der Waals surface area contributed by atoms with E-state index < -0.39 is 26.8 Å². The molecule has 0 radical (unpaired) electrons. The van der Waals surface area contributed by atoms with Crippen LogP contribution in [0.4, 0.5) is 11.4 Å². The van der Waals surface area contributed by atoms with E-state index in [2.05, 4.69) is 16.6 Å². The molecule has 9 heteroatoms. The van der Waals surface area contributed by atoms with Crippen molar-refractivity contribution < 1.29 is 27.8 Å². The van der Waals surface area contributed by atoms with Gasteiger partial charge in [0.15, 0.2) is 15.4 Å². The second-order valence-electron chi connectivity index (χ2n) is 9.62. The zero-order valence-electron chi connectivity index (χ0n) is 21.0. The van der Waals surface area contributed by atoms with Crippen LogP contribution in [-0.2, 0) is 19.4 Å². The summed E-state index contributed by atoms with van der Waals surface area (Å²) in [6.07, 6.45) is 4.60. The van der Waals surface area contributed by atoms with E-state index in [1.165, 1.54) is 31.9 Å². The number of methoxy groups -OCH3 is 1. The second kappa shape index (κ2) is 10.8. The minimum Gasteiger partial charge on any atom is -0.489 e. The van der Waals surface area contributed by atoms with Crippen molar-refractivity contribution in [1.29, 1.82) is 0 Å². The maximum absolute atomic E-state index is 13.7. The molecule has 0 bridgehead atoms. The minimum atomic E-state index is -3.66. The van der Waals surface area contributed by atoms with Gasteiger partial charge in [0.2, 0.25) is 0 Å². The van der Waals surface area contributed by atoms with E-state index in [9.17, 15) is 18.3 Å². The number of rotatable bonds is 9. The van der Waals surface area contributed by atoms with Crippen LogP contribution >= 0.6 is 11.8 Å². The van der Waals surface area contributed by atoms with Gasteiger partial charge in [0, 0.05) is 18.3 Å². The third-order valence-corrected chi connectivity index (χ3v) is 9.12. The quantitative estimate of drug-likeness (QED) is 0.370. The van der Waals surface area contributed by atoms with Crippen LogP contribution in [0.3, 0.4) is 0 Å². The summed E-state index contributed by atoms with van der Waals surface area (Å²) in [5.74, 6) is -0.504. The molecule has 0 spiro atoms. The maximum atomic E-state index is 13.7. The smallest absolute Gasteiger partial charge is 0.341 e. The van der Waals surface area contributed by atoms with Crippen LogP contribution in [0, 0.1) is 5.41 Å². The van der Waals surface area contributed by atoms with Gasteiger partial charge in [-0.15, -0.1) is 11.8 Å². The maximum Gasteiger partial charge on any atom is 0.341 e. The molecule has 0 saturated carbocycles. The number of hydrogen-bond donors (Lipinski definition) is 1. The first-order valence-corrected chi connectivity index (χ1v) is 14.5. The zero-order valence-corrected chi connectivity index (χ0v) is 22.7. The van der Waals surface area contributed by atoms with Crippen LogP contribution < -0.4 is 9.64 Å². The second-order valence-corrected chi connectivity index (χ2v) is 12.4. The number of fused-ring (bicyclic) bond motifs is 1. The molecule has 0 saturated heterocycles. The van der Waals surface area contributed by atoms with Crippen LogP contribution in [0.25, 0.3) is 0 Å². The van der Waals surface area contributed by atoms with Crippen LogP contribution in [-0.4, -0.2) is 57.4 Å². The van der Waals surface area contributed by atoms with Crippen molar-refractivity contribution in [3.8, 4) is 5.75 Å². The van der Waals surface area contributed by atoms with Crippen LogP contribution in [0.1, 0.15) is 40.0 Å². The molecule has 3 rings (SSSR count). The Morgan fingerprint density at radius 1 is 1.26 bits per heavy atom. The van der Waals surface area contributed by atoms with E-state index in [-0.39, 0.29) is 17.3 Å². The summed E-state index contributed by atoms with van der Waals surface area (Å²) in [6, 6.07) is 13.2. The molecule has 7 nitrogen and oxygen atoms in total. The fraction of sp³-hybridized carbons (Fsp3) is 0.500. The largest absolute Gasteiger partial charge is 0.489 e. The average molecular weight is 522 g/mol. The van der Waals surface area contributed by atoms with Gasteiger partial charge < -0.3 is 19.5 Å². The number of carbonyl (C=O) groups excluding carboxylic acids is 1. The highest BCUT2D eigenvalue weighted by Gasteiger charge is 2.40. The molecule has 0 aliphatic carbocycles. The first-order chi connectivity index (χ1) is 16.5.